The molecular weight excluding hydrogens is 495 g/mol. The fourth-order valence-corrected chi connectivity index (χ4v) is 5.43. The molecule has 1 atom stereocenters. The highest BCUT2D eigenvalue weighted by molar-refractivity contribution is 7.90. The SMILES string of the molecule is CC1CN(c2ncccc2C(=O)NS(=O)(=O)c2cccc(Oc3cc(F)cc(Cl)c3)n2)C(C)(C)C1. The van der Waals surface area contributed by atoms with Crippen LogP contribution in [0.1, 0.15) is 37.6 Å². The van der Waals surface area contributed by atoms with E-state index in [1.165, 1.54) is 30.3 Å². The van der Waals surface area contributed by atoms with Crippen molar-refractivity contribution in [2.24, 2.45) is 5.92 Å². The maximum atomic E-state index is 13.6. The lowest BCUT2D eigenvalue weighted by Gasteiger charge is -2.33. The predicted molar refractivity (Wildman–Crippen MR) is 130 cm³/mol. The van der Waals surface area contributed by atoms with E-state index in [9.17, 15) is 17.6 Å². The van der Waals surface area contributed by atoms with Gasteiger partial charge in [-0.05, 0) is 56.5 Å². The van der Waals surface area contributed by atoms with Gasteiger partial charge in [0.25, 0.3) is 15.9 Å². The molecule has 0 bridgehead atoms. The van der Waals surface area contributed by atoms with E-state index in [0.29, 0.717) is 18.3 Å². The lowest BCUT2D eigenvalue weighted by molar-refractivity contribution is 0.0981. The highest BCUT2D eigenvalue weighted by Gasteiger charge is 2.39. The Labute approximate surface area is 208 Å². The summed E-state index contributed by atoms with van der Waals surface area (Å²) in [6.45, 7) is 6.94. The summed E-state index contributed by atoms with van der Waals surface area (Å²) in [7, 11) is -4.36. The zero-order valence-electron chi connectivity index (χ0n) is 19.3. The number of carbonyl (C=O) groups excluding carboxylic acids is 1. The number of halogens is 2. The van der Waals surface area contributed by atoms with Crippen LogP contribution in [-0.2, 0) is 10.0 Å². The van der Waals surface area contributed by atoms with Crippen LogP contribution in [0.2, 0.25) is 5.02 Å². The molecule has 0 aliphatic carbocycles. The second-order valence-electron chi connectivity index (χ2n) is 9.06. The maximum Gasteiger partial charge on any atom is 0.281 e. The highest BCUT2D eigenvalue weighted by atomic mass is 35.5. The van der Waals surface area contributed by atoms with Gasteiger partial charge in [-0.25, -0.2) is 14.1 Å². The Kier molecular flexibility index (Phi) is 6.70. The molecule has 1 aliphatic rings. The minimum Gasteiger partial charge on any atom is -0.439 e. The van der Waals surface area contributed by atoms with Gasteiger partial charge in [-0.15, -0.1) is 0 Å². The van der Waals surface area contributed by atoms with Crippen LogP contribution in [0.4, 0.5) is 10.2 Å². The molecule has 0 spiro atoms. The van der Waals surface area contributed by atoms with Crippen LogP contribution in [0.25, 0.3) is 0 Å². The first-order valence-electron chi connectivity index (χ1n) is 10.9. The number of hydrogen-bond acceptors (Lipinski definition) is 7. The molecule has 3 aromatic rings. The first-order chi connectivity index (χ1) is 16.4. The Hall–Kier alpha value is -3.24. The van der Waals surface area contributed by atoms with Gasteiger partial charge >= 0.3 is 0 Å². The summed E-state index contributed by atoms with van der Waals surface area (Å²) in [5.41, 5.74) is -0.102. The molecule has 2 aromatic heterocycles. The van der Waals surface area contributed by atoms with E-state index >= 15 is 0 Å². The fraction of sp³-hybridized carbons (Fsp3) is 0.292. The van der Waals surface area contributed by atoms with Gasteiger partial charge in [-0.3, -0.25) is 4.79 Å². The standard InChI is InChI=1S/C24H24ClFN4O4S/c1-15-13-24(2,3)30(14-15)22-19(6-5-9-27-22)23(31)29-35(32,33)21-8-4-7-20(28-21)34-18-11-16(25)10-17(26)12-18/h4-12,15H,13-14H2,1-3H3,(H,29,31). The lowest BCUT2D eigenvalue weighted by Crippen LogP contribution is -2.41. The zero-order chi connectivity index (χ0) is 25.4. The van der Waals surface area contributed by atoms with Gasteiger partial charge in [-0.2, -0.15) is 13.4 Å². The zero-order valence-corrected chi connectivity index (χ0v) is 20.9. The quantitative estimate of drug-likeness (QED) is 0.500. The highest BCUT2D eigenvalue weighted by Crippen LogP contribution is 2.37. The third-order valence-electron chi connectivity index (χ3n) is 5.62. The summed E-state index contributed by atoms with van der Waals surface area (Å²) in [6, 6.07) is 10.7. The topological polar surface area (TPSA) is 101 Å². The van der Waals surface area contributed by atoms with Crippen molar-refractivity contribution in [2.45, 2.75) is 37.8 Å². The lowest BCUT2D eigenvalue weighted by atomic mass is 9.97. The molecule has 1 aromatic carbocycles. The van der Waals surface area contributed by atoms with Crippen molar-refractivity contribution in [3.8, 4) is 11.6 Å². The smallest absolute Gasteiger partial charge is 0.281 e. The van der Waals surface area contributed by atoms with Crippen LogP contribution >= 0.6 is 11.6 Å². The molecule has 0 radical (unpaired) electrons. The molecule has 1 N–H and O–H groups in total. The van der Waals surface area contributed by atoms with Crippen LogP contribution in [0.5, 0.6) is 11.6 Å². The predicted octanol–water partition coefficient (Wildman–Crippen LogP) is 4.80. The van der Waals surface area contributed by atoms with Gasteiger partial charge in [0.2, 0.25) is 5.88 Å². The van der Waals surface area contributed by atoms with E-state index in [2.05, 4.69) is 35.5 Å². The number of amides is 1. The van der Waals surface area contributed by atoms with Crippen molar-refractivity contribution in [3.05, 3.63) is 71.1 Å². The van der Waals surface area contributed by atoms with Crippen LogP contribution < -0.4 is 14.4 Å². The Balaban J connectivity index is 1.58. The average Bonchev–Trinajstić information content (AvgIpc) is 3.04. The molecule has 184 valence electrons. The van der Waals surface area contributed by atoms with Crippen LogP contribution in [-0.4, -0.2) is 36.4 Å². The summed E-state index contributed by atoms with van der Waals surface area (Å²) in [5.74, 6) is -0.700. The number of hydrogen-bond donors (Lipinski definition) is 1. The molecule has 35 heavy (non-hydrogen) atoms. The van der Waals surface area contributed by atoms with E-state index in [1.807, 2.05) is 4.90 Å². The Morgan fingerprint density at radius 3 is 2.69 bits per heavy atom. The number of nitrogens with one attached hydrogen (secondary N) is 1. The molecule has 3 heterocycles. The van der Waals surface area contributed by atoms with Crippen LogP contribution in [0.15, 0.2) is 59.8 Å². The molecule has 1 unspecified atom stereocenters. The minimum absolute atomic E-state index is 0.0449. The normalized spacial score (nSPS) is 17.3. The second-order valence-corrected chi connectivity index (χ2v) is 11.1. The van der Waals surface area contributed by atoms with Crippen LogP contribution in [0.3, 0.4) is 0 Å². The number of carbonyl (C=O) groups is 1. The van der Waals surface area contributed by atoms with E-state index in [1.54, 1.807) is 12.3 Å². The number of aromatic nitrogens is 2. The molecule has 1 fully saturated rings. The molecule has 8 nitrogen and oxygen atoms in total. The van der Waals surface area contributed by atoms with Gasteiger partial charge in [0.15, 0.2) is 5.03 Å². The summed E-state index contributed by atoms with van der Waals surface area (Å²) >= 11 is 5.83. The molecular formula is C24H24ClFN4O4S. The van der Waals surface area contributed by atoms with Gasteiger partial charge in [-0.1, -0.05) is 24.6 Å². The monoisotopic (exact) mass is 518 g/mol. The van der Waals surface area contributed by atoms with Gasteiger partial charge in [0.1, 0.15) is 17.4 Å². The number of rotatable bonds is 6. The third kappa shape index (κ3) is 5.54. The average molecular weight is 519 g/mol. The largest absolute Gasteiger partial charge is 0.439 e. The Morgan fingerprint density at radius 1 is 1.23 bits per heavy atom. The summed E-state index contributed by atoms with van der Waals surface area (Å²) in [4.78, 5) is 23.5. The van der Waals surface area contributed by atoms with E-state index in [-0.39, 0.29) is 27.8 Å². The number of nitrogens with zero attached hydrogens (tertiary/aromatic N) is 3. The minimum atomic E-state index is -4.36. The number of ether oxygens (including phenoxy) is 1. The Bertz CT molecular complexity index is 1360. The molecule has 1 saturated heterocycles. The first kappa shape index (κ1) is 24.9. The van der Waals surface area contributed by atoms with Crippen molar-refractivity contribution < 1.29 is 22.3 Å². The van der Waals surface area contributed by atoms with Crippen molar-refractivity contribution in [2.75, 3.05) is 11.4 Å². The van der Waals surface area contributed by atoms with Crippen molar-refractivity contribution in [1.29, 1.82) is 0 Å². The third-order valence-corrected chi connectivity index (χ3v) is 7.07. The molecule has 1 aliphatic heterocycles. The van der Waals surface area contributed by atoms with Gasteiger partial charge < -0.3 is 9.64 Å². The van der Waals surface area contributed by atoms with Crippen molar-refractivity contribution in [3.63, 3.8) is 0 Å². The van der Waals surface area contributed by atoms with Crippen molar-refractivity contribution >= 4 is 33.3 Å². The Morgan fingerprint density at radius 2 is 2.00 bits per heavy atom. The van der Waals surface area contributed by atoms with E-state index in [0.717, 1.165) is 18.6 Å². The molecule has 1 amide bonds. The first-order valence-corrected chi connectivity index (χ1v) is 12.7. The summed E-state index contributed by atoms with van der Waals surface area (Å²) in [6.07, 6.45) is 2.48. The fourth-order valence-electron chi connectivity index (χ4n) is 4.29. The van der Waals surface area contributed by atoms with E-state index < -0.39 is 26.8 Å². The molecule has 0 saturated carbocycles. The maximum absolute atomic E-state index is 13.6. The number of benzene rings is 1. The van der Waals surface area contributed by atoms with Gasteiger partial charge in [0, 0.05) is 35.4 Å². The number of pyridine rings is 2. The van der Waals surface area contributed by atoms with Crippen molar-refractivity contribution in [1.82, 2.24) is 14.7 Å². The molecule has 11 heteroatoms. The second kappa shape index (κ2) is 9.43. The molecule has 4 rings (SSSR count). The number of sulfonamides is 1. The van der Waals surface area contributed by atoms with Gasteiger partial charge in [0.05, 0.1) is 5.56 Å². The summed E-state index contributed by atoms with van der Waals surface area (Å²) < 4.78 is 47.1. The summed E-state index contributed by atoms with van der Waals surface area (Å²) in [5, 5.41) is -0.328. The van der Waals surface area contributed by atoms with Crippen LogP contribution in [0, 0.1) is 11.7 Å². The van der Waals surface area contributed by atoms with E-state index in [4.69, 9.17) is 16.3 Å². The number of anilines is 1.